The summed E-state index contributed by atoms with van der Waals surface area (Å²) < 4.78 is 45.1. The van der Waals surface area contributed by atoms with Crippen molar-refractivity contribution in [1.29, 1.82) is 0 Å². The van der Waals surface area contributed by atoms with E-state index >= 15 is 0 Å². The van der Waals surface area contributed by atoms with E-state index in [1.807, 2.05) is 27.7 Å². The standard InChI is InChI=1S/C18H23F3N4O2S/c1-5-25(6-2)15-9-14(18(19,20)21)23-17(24-15)28-10-12-7-8-13(27-12)16(26)22-11(3)4/h7-9,11H,5-6,10H2,1-4H3,(H,22,26). The van der Waals surface area contributed by atoms with Crippen LogP contribution in [0.3, 0.4) is 0 Å². The van der Waals surface area contributed by atoms with E-state index in [1.165, 1.54) is 6.07 Å². The Morgan fingerprint density at radius 2 is 1.93 bits per heavy atom. The van der Waals surface area contributed by atoms with Crippen LogP contribution in [0.2, 0.25) is 0 Å². The highest BCUT2D eigenvalue weighted by Crippen LogP contribution is 2.32. The number of nitrogens with one attached hydrogen (secondary N) is 1. The minimum Gasteiger partial charge on any atom is -0.455 e. The van der Waals surface area contributed by atoms with Gasteiger partial charge < -0.3 is 14.6 Å². The number of aromatic nitrogens is 2. The summed E-state index contributed by atoms with van der Waals surface area (Å²) in [7, 11) is 0. The summed E-state index contributed by atoms with van der Waals surface area (Å²) in [5, 5.41) is 2.71. The molecule has 154 valence electrons. The predicted molar refractivity (Wildman–Crippen MR) is 101 cm³/mol. The SMILES string of the molecule is CCN(CC)c1cc(C(F)(F)F)nc(SCc2ccc(C(=O)NC(C)C)o2)n1. The maximum absolute atomic E-state index is 13.2. The Kier molecular flexibility index (Phi) is 7.34. The van der Waals surface area contributed by atoms with E-state index in [1.54, 1.807) is 11.0 Å². The molecule has 0 saturated heterocycles. The lowest BCUT2D eigenvalue weighted by Crippen LogP contribution is -2.29. The van der Waals surface area contributed by atoms with E-state index in [-0.39, 0.29) is 34.4 Å². The maximum atomic E-state index is 13.2. The lowest BCUT2D eigenvalue weighted by Gasteiger charge is -2.21. The molecule has 2 heterocycles. The number of carbonyl (C=O) groups is 1. The van der Waals surface area contributed by atoms with Gasteiger partial charge in [-0.15, -0.1) is 0 Å². The first-order valence-corrected chi connectivity index (χ1v) is 9.86. The number of rotatable bonds is 8. The minimum atomic E-state index is -4.56. The fourth-order valence-corrected chi connectivity index (χ4v) is 3.13. The zero-order valence-electron chi connectivity index (χ0n) is 16.1. The van der Waals surface area contributed by atoms with Crippen molar-refractivity contribution >= 4 is 23.5 Å². The molecule has 0 unspecified atom stereocenters. The van der Waals surface area contributed by atoms with Crippen molar-refractivity contribution in [3.63, 3.8) is 0 Å². The van der Waals surface area contributed by atoms with Crippen molar-refractivity contribution in [2.75, 3.05) is 18.0 Å². The van der Waals surface area contributed by atoms with Crippen LogP contribution in [0.25, 0.3) is 0 Å². The maximum Gasteiger partial charge on any atom is 0.433 e. The topological polar surface area (TPSA) is 71.3 Å². The van der Waals surface area contributed by atoms with Gasteiger partial charge in [0.25, 0.3) is 5.91 Å². The highest BCUT2D eigenvalue weighted by Gasteiger charge is 2.34. The second-order valence-corrected chi connectivity index (χ2v) is 7.19. The fourth-order valence-electron chi connectivity index (χ4n) is 2.38. The molecule has 0 atom stereocenters. The van der Waals surface area contributed by atoms with Gasteiger partial charge in [-0.3, -0.25) is 4.79 Å². The molecule has 10 heteroatoms. The molecule has 0 aromatic carbocycles. The average Bonchev–Trinajstić information content (AvgIpc) is 3.09. The summed E-state index contributed by atoms with van der Waals surface area (Å²) in [5.41, 5.74) is -0.983. The molecule has 0 aliphatic heterocycles. The van der Waals surface area contributed by atoms with Crippen LogP contribution in [0.5, 0.6) is 0 Å². The first-order chi connectivity index (χ1) is 13.1. The molecule has 0 bridgehead atoms. The Bertz CT molecular complexity index is 804. The Hall–Kier alpha value is -2.23. The van der Waals surface area contributed by atoms with Gasteiger partial charge in [0.15, 0.2) is 16.6 Å². The second kappa shape index (κ2) is 9.31. The lowest BCUT2D eigenvalue weighted by molar-refractivity contribution is -0.141. The highest BCUT2D eigenvalue weighted by molar-refractivity contribution is 7.98. The number of hydrogen-bond donors (Lipinski definition) is 1. The number of carbonyl (C=O) groups excluding carboxylic acids is 1. The van der Waals surface area contributed by atoms with Crippen LogP contribution in [0, 0.1) is 0 Å². The predicted octanol–water partition coefficient (Wildman–Crippen LogP) is 4.37. The second-order valence-electron chi connectivity index (χ2n) is 6.25. The van der Waals surface area contributed by atoms with Crippen LogP contribution in [0.15, 0.2) is 27.8 Å². The van der Waals surface area contributed by atoms with E-state index in [4.69, 9.17) is 4.42 Å². The van der Waals surface area contributed by atoms with E-state index in [0.29, 0.717) is 18.8 Å². The third-order valence-corrected chi connectivity index (χ3v) is 4.59. The number of furan rings is 1. The minimum absolute atomic E-state index is 0.00121. The Balaban J connectivity index is 2.18. The van der Waals surface area contributed by atoms with Crippen LogP contribution in [-0.4, -0.2) is 35.0 Å². The summed E-state index contributed by atoms with van der Waals surface area (Å²) in [6.45, 7) is 8.41. The van der Waals surface area contributed by atoms with Crippen LogP contribution < -0.4 is 10.2 Å². The van der Waals surface area contributed by atoms with Gasteiger partial charge in [0.2, 0.25) is 0 Å². The molecule has 2 aromatic heterocycles. The molecule has 1 amide bonds. The van der Waals surface area contributed by atoms with Gasteiger partial charge in [0.1, 0.15) is 11.6 Å². The third kappa shape index (κ3) is 5.88. The van der Waals surface area contributed by atoms with Crippen LogP contribution in [0.4, 0.5) is 19.0 Å². The molecule has 0 spiro atoms. The summed E-state index contributed by atoms with van der Waals surface area (Å²) >= 11 is 1.02. The molecule has 6 nitrogen and oxygen atoms in total. The zero-order chi connectivity index (χ0) is 20.9. The van der Waals surface area contributed by atoms with Gasteiger partial charge in [-0.2, -0.15) is 13.2 Å². The lowest BCUT2D eigenvalue weighted by atomic mass is 10.3. The van der Waals surface area contributed by atoms with E-state index in [0.717, 1.165) is 17.8 Å². The number of anilines is 1. The van der Waals surface area contributed by atoms with Crippen molar-refractivity contribution < 1.29 is 22.4 Å². The molecule has 0 aliphatic rings. The molecule has 0 fully saturated rings. The highest BCUT2D eigenvalue weighted by atomic mass is 32.2. The molecular formula is C18H23F3N4O2S. The molecular weight excluding hydrogens is 393 g/mol. The van der Waals surface area contributed by atoms with Crippen LogP contribution >= 0.6 is 11.8 Å². The fraction of sp³-hybridized carbons (Fsp3) is 0.500. The zero-order valence-corrected chi connectivity index (χ0v) is 16.9. The van der Waals surface area contributed by atoms with E-state index < -0.39 is 11.9 Å². The first kappa shape index (κ1) is 22.1. The molecule has 0 radical (unpaired) electrons. The number of thioether (sulfide) groups is 1. The summed E-state index contributed by atoms with van der Waals surface area (Å²) in [6, 6.07) is 4.06. The van der Waals surface area contributed by atoms with Crippen molar-refractivity contribution in [2.45, 2.75) is 50.8 Å². The Morgan fingerprint density at radius 3 is 2.50 bits per heavy atom. The van der Waals surface area contributed by atoms with Gasteiger partial charge >= 0.3 is 6.18 Å². The van der Waals surface area contributed by atoms with Gasteiger partial charge in [0, 0.05) is 25.2 Å². The van der Waals surface area contributed by atoms with Gasteiger partial charge in [-0.05, 0) is 39.8 Å². The normalized spacial score (nSPS) is 11.7. The number of halogens is 3. The molecule has 2 rings (SSSR count). The molecule has 0 saturated carbocycles. The van der Waals surface area contributed by atoms with Crippen molar-refractivity contribution in [3.05, 3.63) is 35.4 Å². The number of alkyl halides is 3. The van der Waals surface area contributed by atoms with Crippen molar-refractivity contribution in [1.82, 2.24) is 15.3 Å². The Labute approximate surface area is 165 Å². The smallest absolute Gasteiger partial charge is 0.433 e. The molecule has 2 aromatic rings. The Morgan fingerprint density at radius 1 is 1.25 bits per heavy atom. The van der Waals surface area contributed by atoms with Gasteiger partial charge in [-0.25, -0.2) is 9.97 Å². The summed E-state index contributed by atoms with van der Waals surface area (Å²) in [5.74, 6) is 0.688. The summed E-state index contributed by atoms with van der Waals surface area (Å²) in [4.78, 5) is 21.5. The average molecular weight is 416 g/mol. The van der Waals surface area contributed by atoms with Crippen molar-refractivity contribution in [2.24, 2.45) is 0 Å². The number of nitrogens with zero attached hydrogens (tertiary/aromatic N) is 3. The van der Waals surface area contributed by atoms with Gasteiger partial charge in [0.05, 0.1) is 5.75 Å². The molecule has 1 N–H and O–H groups in total. The molecule has 28 heavy (non-hydrogen) atoms. The van der Waals surface area contributed by atoms with Crippen LogP contribution in [-0.2, 0) is 11.9 Å². The van der Waals surface area contributed by atoms with Crippen molar-refractivity contribution in [3.8, 4) is 0 Å². The first-order valence-electron chi connectivity index (χ1n) is 8.87. The summed E-state index contributed by atoms with van der Waals surface area (Å²) in [6.07, 6.45) is -4.56. The largest absolute Gasteiger partial charge is 0.455 e. The number of hydrogen-bond acceptors (Lipinski definition) is 6. The monoisotopic (exact) mass is 416 g/mol. The van der Waals surface area contributed by atoms with E-state index in [2.05, 4.69) is 15.3 Å². The van der Waals surface area contributed by atoms with Gasteiger partial charge in [-0.1, -0.05) is 11.8 Å². The van der Waals surface area contributed by atoms with E-state index in [9.17, 15) is 18.0 Å². The van der Waals surface area contributed by atoms with Crippen LogP contribution in [0.1, 0.15) is 49.7 Å². The third-order valence-electron chi connectivity index (χ3n) is 3.72. The molecule has 0 aliphatic carbocycles. The number of amides is 1. The quantitative estimate of drug-likeness (QED) is 0.509.